The van der Waals surface area contributed by atoms with Crippen molar-refractivity contribution in [2.75, 3.05) is 22.9 Å². The maximum atomic E-state index is 13.9. The van der Waals surface area contributed by atoms with E-state index in [1.54, 1.807) is 17.6 Å². The standard InChI is InChI=1S/C23H33N4O6PS/c1-6-33-34(30)17-13-15(26-35(5,31)32)9-10-16(17)24-21(25-34)18-19(28)20(23(2,3)4)27(22(18)29)12-11-14-7-8-14/h9-10,13-14,26,28-29H,6-8,11-12H2,1-5H3,(H,24,25,30). The van der Waals surface area contributed by atoms with Gasteiger partial charge in [-0.05, 0) is 37.5 Å². The van der Waals surface area contributed by atoms with E-state index in [1.807, 2.05) is 20.8 Å². The Morgan fingerprint density at radius 2 is 1.97 bits per heavy atom. The largest absolute Gasteiger partial charge is 0.505 e. The highest BCUT2D eigenvalue weighted by Crippen LogP contribution is 2.54. The molecule has 2 aromatic rings. The molecular weight excluding hydrogens is 491 g/mol. The minimum Gasteiger partial charge on any atom is -0.505 e. The summed E-state index contributed by atoms with van der Waals surface area (Å²) in [6, 6.07) is 4.50. The van der Waals surface area contributed by atoms with Gasteiger partial charge < -0.3 is 24.6 Å². The van der Waals surface area contributed by atoms with Crippen molar-refractivity contribution in [2.24, 2.45) is 10.7 Å². The molecule has 1 atom stereocenters. The molecule has 0 saturated heterocycles. The first-order chi connectivity index (χ1) is 16.2. The number of anilines is 2. The third-order valence-corrected chi connectivity index (χ3v) is 8.67. The lowest BCUT2D eigenvalue weighted by Crippen LogP contribution is -2.26. The maximum absolute atomic E-state index is 13.9. The average Bonchev–Trinajstić information content (AvgIpc) is 3.50. The van der Waals surface area contributed by atoms with Gasteiger partial charge in [-0.25, -0.2) is 8.42 Å². The number of aromatic hydroxyl groups is 2. The van der Waals surface area contributed by atoms with E-state index in [4.69, 9.17) is 4.52 Å². The molecule has 1 fully saturated rings. The number of hydrogen-bond donors (Lipinski definition) is 4. The zero-order valence-electron chi connectivity index (χ0n) is 20.6. The van der Waals surface area contributed by atoms with Crippen LogP contribution in [0.5, 0.6) is 11.6 Å². The van der Waals surface area contributed by atoms with Gasteiger partial charge in [-0.15, -0.1) is 0 Å². The number of fused-ring (bicyclic) bond motifs is 1. The van der Waals surface area contributed by atoms with Crippen LogP contribution in [-0.4, -0.2) is 41.9 Å². The van der Waals surface area contributed by atoms with E-state index in [-0.39, 0.29) is 40.6 Å². The normalized spacial score (nSPS) is 20.2. The summed E-state index contributed by atoms with van der Waals surface area (Å²) in [5, 5.41) is 25.8. The van der Waals surface area contributed by atoms with Crippen molar-refractivity contribution < 1.29 is 27.7 Å². The Morgan fingerprint density at radius 1 is 1.29 bits per heavy atom. The van der Waals surface area contributed by atoms with Crippen LogP contribution in [0.2, 0.25) is 0 Å². The quantitative estimate of drug-likeness (QED) is 0.381. The predicted octanol–water partition coefficient (Wildman–Crippen LogP) is 4.10. The summed E-state index contributed by atoms with van der Waals surface area (Å²) in [5.74, 6) is 0.379. The number of aromatic nitrogens is 1. The molecule has 12 heteroatoms. The number of sulfonamides is 1. The highest BCUT2D eigenvalue weighted by Gasteiger charge is 2.39. The van der Waals surface area contributed by atoms with Gasteiger partial charge in [0.25, 0.3) is 0 Å². The molecule has 1 unspecified atom stereocenters. The molecule has 1 aliphatic carbocycles. The molecule has 1 saturated carbocycles. The Hall–Kier alpha value is -2.49. The zero-order chi connectivity index (χ0) is 25.8. The molecule has 35 heavy (non-hydrogen) atoms. The van der Waals surface area contributed by atoms with Crippen LogP contribution in [0, 0.1) is 5.92 Å². The maximum Gasteiger partial charge on any atom is 0.348 e. The second kappa shape index (κ2) is 8.87. The first-order valence-corrected chi connectivity index (χ1v) is 15.1. The number of nitrogens with zero attached hydrogens (tertiary/aromatic N) is 2. The first-order valence-electron chi connectivity index (χ1n) is 11.6. The van der Waals surface area contributed by atoms with Crippen LogP contribution < -0.4 is 15.3 Å². The van der Waals surface area contributed by atoms with Gasteiger partial charge in [0.05, 0.1) is 29.5 Å². The zero-order valence-corrected chi connectivity index (χ0v) is 22.3. The fraction of sp³-hybridized carbons (Fsp3) is 0.522. The molecule has 2 heterocycles. The fourth-order valence-electron chi connectivity index (χ4n) is 4.38. The summed E-state index contributed by atoms with van der Waals surface area (Å²) < 4.78 is 51.2. The van der Waals surface area contributed by atoms with E-state index < -0.39 is 23.0 Å². The van der Waals surface area contributed by atoms with Gasteiger partial charge in [0.15, 0.2) is 11.6 Å². The second-order valence-corrected chi connectivity index (χ2v) is 13.9. The summed E-state index contributed by atoms with van der Waals surface area (Å²) in [5.41, 5.74) is 0.757. The van der Waals surface area contributed by atoms with E-state index in [9.17, 15) is 23.2 Å². The van der Waals surface area contributed by atoms with Crippen molar-refractivity contribution in [3.8, 4) is 11.6 Å². The minimum atomic E-state index is -3.87. The Kier molecular flexibility index (Phi) is 6.49. The molecule has 4 N–H and O–H groups in total. The summed E-state index contributed by atoms with van der Waals surface area (Å²) >= 11 is 0. The molecule has 4 rings (SSSR count). The number of amidine groups is 1. The van der Waals surface area contributed by atoms with E-state index in [0.29, 0.717) is 23.8 Å². The average molecular weight is 525 g/mol. The Bertz CT molecular complexity index is 1340. The van der Waals surface area contributed by atoms with E-state index in [0.717, 1.165) is 12.7 Å². The summed E-state index contributed by atoms with van der Waals surface area (Å²) in [7, 11) is -7.41. The van der Waals surface area contributed by atoms with E-state index in [2.05, 4.69) is 14.8 Å². The van der Waals surface area contributed by atoms with Gasteiger partial charge in [0, 0.05) is 17.6 Å². The molecule has 1 aromatic carbocycles. The minimum absolute atomic E-state index is 0.0313. The molecule has 192 valence electrons. The fourth-order valence-corrected chi connectivity index (χ4v) is 6.74. The van der Waals surface area contributed by atoms with Crippen molar-refractivity contribution in [3.05, 3.63) is 29.5 Å². The van der Waals surface area contributed by atoms with Gasteiger partial charge in [-0.1, -0.05) is 33.6 Å². The summed E-state index contributed by atoms with van der Waals surface area (Å²) in [4.78, 5) is 0. The SMILES string of the molecule is CCOP1(=O)N=C(c2c(O)c(C(C)(C)C)n(CCC3CC3)c2O)Nc2ccc(NS(C)(=O)=O)cc21. The number of nitrogens with one attached hydrogen (secondary N) is 2. The van der Waals surface area contributed by atoms with E-state index in [1.165, 1.54) is 25.0 Å². The second-order valence-electron chi connectivity index (χ2n) is 10.1. The molecular formula is C23H33N4O6PS. The third kappa shape index (κ3) is 5.22. The van der Waals surface area contributed by atoms with Crippen LogP contribution in [0.15, 0.2) is 23.0 Å². The van der Waals surface area contributed by atoms with Crippen molar-refractivity contribution in [3.63, 3.8) is 0 Å². The van der Waals surface area contributed by atoms with Gasteiger partial charge in [0.2, 0.25) is 15.9 Å². The monoisotopic (exact) mass is 524 g/mol. The Morgan fingerprint density at radius 3 is 2.54 bits per heavy atom. The number of hydrogen-bond acceptors (Lipinski definition) is 7. The van der Waals surface area contributed by atoms with Crippen LogP contribution in [0.25, 0.3) is 0 Å². The molecule has 1 aromatic heterocycles. The van der Waals surface area contributed by atoms with Gasteiger partial charge in [0.1, 0.15) is 5.56 Å². The molecule has 0 spiro atoms. The highest BCUT2D eigenvalue weighted by molar-refractivity contribution is 7.92. The summed E-state index contributed by atoms with van der Waals surface area (Å²) in [6.07, 6.45) is 4.25. The lowest BCUT2D eigenvalue weighted by Gasteiger charge is -2.25. The Labute approximate surface area is 206 Å². The van der Waals surface area contributed by atoms with Crippen molar-refractivity contribution in [1.29, 1.82) is 0 Å². The van der Waals surface area contributed by atoms with Crippen molar-refractivity contribution in [2.45, 2.75) is 58.9 Å². The van der Waals surface area contributed by atoms with Crippen LogP contribution in [0.1, 0.15) is 58.2 Å². The molecule has 10 nitrogen and oxygen atoms in total. The van der Waals surface area contributed by atoms with Gasteiger partial charge in [-0.3, -0.25) is 9.29 Å². The molecule has 0 bridgehead atoms. The number of benzene rings is 1. The van der Waals surface area contributed by atoms with Crippen LogP contribution in [0.3, 0.4) is 0 Å². The van der Waals surface area contributed by atoms with Crippen LogP contribution in [-0.2, 0) is 31.1 Å². The van der Waals surface area contributed by atoms with Gasteiger partial charge in [-0.2, -0.15) is 4.76 Å². The van der Waals surface area contributed by atoms with Crippen LogP contribution >= 0.6 is 7.52 Å². The predicted molar refractivity (Wildman–Crippen MR) is 138 cm³/mol. The third-order valence-electron chi connectivity index (χ3n) is 6.01. The van der Waals surface area contributed by atoms with Crippen molar-refractivity contribution >= 4 is 40.1 Å². The van der Waals surface area contributed by atoms with Crippen LogP contribution in [0.4, 0.5) is 11.4 Å². The molecule has 0 amide bonds. The Balaban J connectivity index is 1.83. The van der Waals surface area contributed by atoms with E-state index >= 15 is 0 Å². The topological polar surface area (TPSA) is 142 Å². The summed E-state index contributed by atoms with van der Waals surface area (Å²) in [6.45, 7) is 8.16. The first kappa shape index (κ1) is 25.6. The number of rotatable bonds is 8. The smallest absolute Gasteiger partial charge is 0.348 e. The molecule has 2 aliphatic rings. The lowest BCUT2D eigenvalue weighted by atomic mass is 9.91. The molecule has 1 aliphatic heterocycles. The van der Waals surface area contributed by atoms with Crippen molar-refractivity contribution in [1.82, 2.24) is 4.57 Å². The lowest BCUT2D eigenvalue weighted by molar-refractivity contribution is 0.341. The van der Waals surface area contributed by atoms with Gasteiger partial charge >= 0.3 is 7.52 Å². The molecule has 0 radical (unpaired) electrons. The highest BCUT2D eigenvalue weighted by atomic mass is 32.2.